The molecule has 1 heterocycles. The number of anilines is 1. The molecule has 0 radical (unpaired) electrons. The highest BCUT2D eigenvalue weighted by molar-refractivity contribution is 7.93. The van der Waals surface area contributed by atoms with Gasteiger partial charge in [-0.2, -0.15) is 5.26 Å². The van der Waals surface area contributed by atoms with Gasteiger partial charge in [0.15, 0.2) is 4.91 Å². The van der Waals surface area contributed by atoms with Crippen LogP contribution in [-0.4, -0.2) is 39.3 Å². The van der Waals surface area contributed by atoms with E-state index in [0.29, 0.717) is 18.6 Å². The second-order valence-corrected chi connectivity index (χ2v) is 12.3. The third-order valence-electron chi connectivity index (χ3n) is 5.94. The lowest BCUT2D eigenvalue weighted by Crippen LogP contribution is -2.44. The van der Waals surface area contributed by atoms with Crippen molar-refractivity contribution in [3.63, 3.8) is 0 Å². The van der Waals surface area contributed by atoms with Crippen LogP contribution in [0.15, 0.2) is 41.3 Å². The molecule has 0 amide bonds. The zero-order valence-corrected chi connectivity index (χ0v) is 21.8. The Morgan fingerprint density at radius 1 is 1.06 bits per heavy atom. The molecule has 0 aliphatic carbocycles. The van der Waals surface area contributed by atoms with Gasteiger partial charge in [-0.05, 0) is 101 Å². The van der Waals surface area contributed by atoms with Crippen LogP contribution in [-0.2, 0) is 14.8 Å². The van der Waals surface area contributed by atoms with E-state index in [1.54, 1.807) is 13.8 Å². The molecule has 1 N–H and O–H groups in total. The molecule has 0 spiro atoms. The first-order chi connectivity index (χ1) is 15.9. The minimum atomic E-state index is -3.98. The molecule has 2 aromatic rings. The Hall–Kier alpha value is -2.40. The van der Waals surface area contributed by atoms with E-state index in [1.165, 1.54) is 31.0 Å². The van der Waals surface area contributed by atoms with Crippen LogP contribution in [0.3, 0.4) is 0 Å². The zero-order chi connectivity index (χ0) is 25.0. The molecule has 7 heteroatoms. The van der Waals surface area contributed by atoms with Crippen molar-refractivity contribution in [1.29, 1.82) is 5.26 Å². The molecule has 1 aliphatic heterocycles. The maximum Gasteiger partial charge on any atom is 0.251 e. The van der Waals surface area contributed by atoms with Crippen molar-refractivity contribution in [1.82, 2.24) is 4.72 Å². The number of benzene rings is 2. The van der Waals surface area contributed by atoms with E-state index in [0.717, 1.165) is 23.9 Å². The van der Waals surface area contributed by atoms with Crippen molar-refractivity contribution in [3.8, 4) is 6.07 Å². The van der Waals surface area contributed by atoms with Crippen molar-refractivity contribution in [2.45, 2.75) is 71.4 Å². The van der Waals surface area contributed by atoms with Crippen molar-refractivity contribution in [2.24, 2.45) is 0 Å². The van der Waals surface area contributed by atoms with Gasteiger partial charge < -0.3 is 9.64 Å². The molecule has 1 aliphatic rings. The number of allylic oxidation sites excluding steroid dienone is 1. The van der Waals surface area contributed by atoms with Crippen LogP contribution in [0.4, 0.5) is 5.69 Å². The van der Waals surface area contributed by atoms with Gasteiger partial charge in [-0.1, -0.05) is 18.2 Å². The topological polar surface area (TPSA) is 82.4 Å². The molecule has 34 heavy (non-hydrogen) atoms. The fourth-order valence-electron chi connectivity index (χ4n) is 4.09. The van der Waals surface area contributed by atoms with Crippen LogP contribution in [0.2, 0.25) is 0 Å². The number of nitrogens with one attached hydrogen (secondary N) is 1. The van der Waals surface area contributed by atoms with Crippen molar-refractivity contribution >= 4 is 32.6 Å². The zero-order valence-electron chi connectivity index (χ0n) is 21.0. The molecule has 6 nitrogen and oxygen atoms in total. The normalized spacial score (nSPS) is 16.0. The van der Waals surface area contributed by atoms with Gasteiger partial charge in [-0.3, -0.25) is 0 Å². The maximum atomic E-state index is 13.0. The number of hydrogen-bond acceptors (Lipinski definition) is 5. The molecule has 0 atom stereocenters. The number of sulfonamides is 1. The van der Waals surface area contributed by atoms with Gasteiger partial charge in [0.2, 0.25) is 0 Å². The van der Waals surface area contributed by atoms with Crippen LogP contribution in [0.25, 0.3) is 16.8 Å². The average molecular weight is 484 g/mol. The molecule has 3 rings (SSSR count). The quantitative estimate of drug-likeness (QED) is 0.494. The number of fused-ring (bicyclic) bond motifs is 1. The molecule has 184 valence electrons. The summed E-state index contributed by atoms with van der Waals surface area (Å²) in [6, 6.07) is 14.0. The van der Waals surface area contributed by atoms with Crippen LogP contribution < -0.4 is 9.62 Å². The first-order valence-electron chi connectivity index (χ1n) is 12.0. The van der Waals surface area contributed by atoms with E-state index < -0.39 is 15.6 Å². The molecule has 0 unspecified atom stereocenters. The molecule has 0 saturated carbocycles. The van der Waals surface area contributed by atoms with E-state index in [-0.39, 0.29) is 10.5 Å². The summed E-state index contributed by atoms with van der Waals surface area (Å²) in [5.41, 5.74) is 0.845. The third-order valence-corrected chi connectivity index (χ3v) is 7.55. The van der Waals surface area contributed by atoms with Gasteiger partial charge in [0, 0.05) is 30.9 Å². The van der Waals surface area contributed by atoms with Gasteiger partial charge >= 0.3 is 0 Å². The third kappa shape index (κ3) is 7.30. The van der Waals surface area contributed by atoms with Gasteiger partial charge in [-0.25, -0.2) is 13.1 Å². The minimum absolute atomic E-state index is 0.294. The predicted octanol–water partition coefficient (Wildman–Crippen LogP) is 5.60. The first-order valence-corrected chi connectivity index (χ1v) is 13.5. The van der Waals surface area contributed by atoms with Crippen LogP contribution in [0, 0.1) is 11.3 Å². The largest absolute Gasteiger partial charge is 0.376 e. The molecular weight excluding hydrogens is 446 g/mol. The Kier molecular flexibility index (Phi) is 8.07. The summed E-state index contributed by atoms with van der Waals surface area (Å²) in [4.78, 5) is 2.11. The fraction of sp³-hybridized carbons (Fsp3) is 0.519. The number of nitrogens with zero attached hydrogens (tertiary/aromatic N) is 2. The lowest BCUT2D eigenvalue weighted by atomic mass is 10.0. The summed E-state index contributed by atoms with van der Waals surface area (Å²) in [6.07, 6.45) is 5.66. The highest BCUT2D eigenvalue weighted by Crippen LogP contribution is 2.27. The van der Waals surface area contributed by atoms with E-state index >= 15 is 0 Å². The van der Waals surface area contributed by atoms with Crippen molar-refractivity contribution < 1.29 is 13.2 Å². The summed E-state index contributed by atoms with van der Waals surface area (Å²) in [5.74, 6) is 0. The Morgan fingerprint density at radius 2 is 1.71 bits per heavy atom. The SMILES string of the molecule is CC(C)(CCOC(C)(C)C)NS(=O)(=O)C(C#N)=Cc1ccc2cc(N3CCCCC3)ccc2c1. The summed E-state index contributed by atoms with van der Waals surface area (Å²) in [5, 5.41) is 11.7. The van der Waals surface area contributed by atoms with Crippen LogP contribution >= 0.6 is 0 Å². The Morgan fingerprint density at radius 3 is 2.35 bits per heavy atom. The van der Waals surface area contributed by atoms with E-state index in [1.807, 2.05) is 45.0 Å². The highest BCUT2D eigenvalue weighted by atomic mass is 32.2. The Balaban J connectivity index is 1.77. The molecule has 0 aromatic heterocycles. The Labute approximate surface area is 204 Å². The maximum absolute atomic E-state index is 13.0. The lowest BCUT2D eigenvalue weighted by Gasteiger charge is -2.29. The predicted molar refractivity (Wildman–Crippen MR) is 140 cm³/mol. The van der Waals surface area contributed by atoms with E-state index in [2.05, 4.69) is 27.8 Å². The number of ether oxygens (including phenoxy) is 1. The lowest BCUT2D eigenvalue weighted by molar-refractivity contribution is -0.0102. The highest BCUT2D eigenvalue weighted by Gasteiger charge is 2.28. The van der Waals surface area contributed by atoms with Gasteiger partial charge in [-0.15, -0.1) is 0 Å². The van der Waals surface area contributed by atoms with Crippen molar-refractivity contribution in [3.05, 3.63) is 46.9 Å². The first kappa shape index (κ1) is 26.2. The number of rotatable bonds is 8. The monoisotopic (exact) mass is 483 g/mol. The van der Waals surface area contributed by atoms with Gasteiger partial charge in [0.25, 0.3) is 10.0 Å². The molecular formula is C27H37N3O3S. The van der Waals surface area contributed by atoms with Crippen LogP contribution in [0.1, 0.15) is 65.9 Å². The van der Waals surface area contributed by atoms with Gasteiger partial charge in [0.05, 0.1) is 5.60 Å². The molecule has 2 aromatic carbocycles. The van der Waals surface area contributed by atoms with Crippen LogP contribution in [0.5, 0.6) is 0 Å². The standard InChI is InChI=1S/C27H37N3O3S/c1-26(2,3)33-16-13-27(4,5)29-34(31,32)25(20-28)18-21-9-10-23-19-24(12-11-22(23)17-21)30-14-7-6-8-15-30/h9-12,17-19,29H,6-8,13-16H2,1-5H3. The molecule has 1 saturated heterocycles. The smallest absolute Gasteiger partial charge is 0.251 e. The Bertz CT molecular complexity index is 1180. The number of piperidine rings is 1. The number of hydrogen-bond donors (Lipinski definition) is 1. The van der Waals surface area contributed by atoms with E-state index in [4.69, 9.17) is 4.74 Å². The summed E-state index contributed by atoms with van der Waals surface area (Å²) < 4.78 is 34.4. The van der Waals surface area contributed by atoms with E-state index in [9.17, 15) is 13.7 Å². The summed E-state index contributed by atoms with van der Waals surface area (Å²) >= 11 is 0. The molecule has 1 fully saturated rings. The summed E-state index contributed by atoms with van der Waals surface area (Å²) in [6.45, 7) is 12.0. The number of nitriles is 1. The second-order valence-electron chi connectivity index (χ2n) is 10.7. The minimum Gasteiger partial charge on any atom is -0.376 e. The second kappa shape index (κ2) is 10.5. The average Bonchev–Trinajstić information content (AvgIpc) is 2.75. The van der Waals surface area contributed by atoms with Gasteiger partial charge in [0.1, 0.15) is 6.07 Å². The summed E-state index contributed by atoms with van der Waals surface area (Å²) in [7, 11) is -3.98. The fourth-order valence-corrected chi connectivity index (χ4v) is 5.44. The molecule has 0 bridgehead atoms. The van der Waals surface area contributed by atoms with Crippen molar-refractivity contribution in [2.75, 3.05) is 24.6 Å².